The normalized spacial score (nSPS) is 11.4. The monoisotopic (exact) mass is 678 g/mol. The molecule has 0 saturated heterocycles. The van der Waals surface area contributed by atoms with Gasteiger partial charge in [-0.15, -0.1) is 0 Å². The van der Waals surface area contributed by atoms with Gasteiger partial charge in [-0.2, -0.15) is 0 Å². The highest BCUT2D eigenvalue weighted by Gasteiger charge is 2.20. The number of rotatable bonds is 7. The van der Waals surface area contributed by atoms with E-state index in [1.807, 2.05) is 0 Å². The molecule has 0 unspecified atom stereocenters. The molecule has 0 atom stereocenters. The van der Waals surface area contributed by atoms with E-state index in [0.717, 1.165) is 61.6 Å². The molecule has 0 spiro atoms. The van der Waals surface area contributed by atoms with Crippen molar-refractivity contribution in [3.05, 3.63) is 206 Å². The van der Waals surface area contributed by atoms with Crippen molar-refractivity contribution in [3.63, 3.8) is 0 Å². The van der Waals surface area contributed by atoms with Crippen LogP contribution in [0.5, 0.6) is 0 Å². The minimum atomic E-state index is 0.865. The first-order valence-electron chi connectivity index (χ1n) is 18.0. The average molecular weight is 679 g/mol. The van der Waals surface area contributed by atoms with E-state index in [1.165, 1.54) is 27.1 Å². The number of fused-ring (bicyclic) bond motifs is 6. The second kappa shape index (κ2) is 12.9. The predicted octanol–water partition coefficient (Wildman–Crippen LogP) is 14.5. The molecule has 3 heteroatoms. The third-order valence-corrected chi connectivity index (χ3v) is 10.2. The van der Waals surface area contributed by atoms with Gasteiger partial charge in [0, 0.05) is 44.9 Å². The smallest absolute Gasteiger partial charge is 0.136 e. The second-order valence-corrected chi connectivity index (χ2v) is 13.4. The fourth-order valence-corrected chi connectivity index (χ4v) is 7.77. The summed E-state index contributed by atoms with van der Waals surface area (Å²) >= 11 is 0. The number of para-hydroxylation sites is 3. The minimum absolute atomic E-state index is 0.865. The Morgan fingerprint density at radius 2 is 0.849 bits per heavy atom. The van der Waals surface area contributed by atoms with E-state index in [4.69, 9.17) is 4.42 Å². The van der Waals surface area contributed by atoms with Crippen LogP contribution in [-0.2, 0) is 0 Å². The average Bonchev–Trinajstić information content (AvgIpc) is 3.61. The fourth-order valence-electron chi connectivity index (χ4n) is 7.77. The molecule has 0 fully saturated rings. The molecule has 53 heavy (non-hydrogen) atoms. The zero-order valence-electron chi connectivity index (χ0n) is 28.9. The summed E-state index contributed by atoms with van der Waals surface area (Å²) in [6.45, 7) is 0. The van der Waals surface area contributed by atoms with E-state index in [9.17, 15) is 0 Å². The molecule has 10 rings (SSSR count). The highest BCUT2D eigenvalue weighted by atomic mass is 16.3. The Labute approximate surface area is 308 Å². The van der Waals surface area contributed by atoms with Crippen LogP contribution in [0, 0.1) is 0 Å². The standard InChI is InChI=1S/C50H34N2O/c1-4-15-38(16-5-1)51(39-17-6-2-7-18-39)41-21-12-22-42(33-41)52(40-19-8-3-9-20-40)43-29-31-48-47(34-43)50-46(24-13-25-49(50)53-48)37-28-30-45-36(32-37)27-26-35-14-10-11-23-44(35)45/h1-34H. The second-order valence-electron chi connectivity index (χ2n) is 13.4. The van der Waals surface area contributed by atoms with Gasteiger partial charge in [0.15, 0.2) is 0 Å². The third kappa shape index (κ3) is 5.47. The molecule has 0 N–H and O–H groups in total. The maximum atomic E-state index is 6.53. The SMILES string of the molecule is c1ccc(N(c2ccccc2)c2cccc(N(c3ccccc3)c3ccc4oc5cccc(-c6ccc7c(ccc8ccccc87)c6)c5c4c3)c2)cc1. The Morgan fingerprint density at radius 3 is 1.55 bits per heavy atom. The van der Waals surface area contributed by atoms with Crippen LogP contribution >= 0.6 is 0 Å². The lowest BCUT2D eigenvalue weighted by Gasteiger charge is -2.29. The van der Waals surface area contributed by atoms with Crippen molar-refractivity contribution >= 4 is 77.6 Å². The van der Waals surface area contributed by atoms with Gasteiger partial charge in [-0.1, -0.05) is 121 Å². The number of furan rings is 1. The zero-order chi connectivity index (χ0) is 35.1. The van der Waals surface area contributed by atoms with E-state index >= 15 is 0 Å². The van der Waals surface area contributed by atoms with E-state index < -0.39 is 0 Å². The molecule has 1 aromatic heterocycles. The molecule has 0 bridgehead atoms. The van der Waals surface area contributed by atoms with Crippen molar-refractivity contribution in [2.24, 2.45) is 0 Å². The molecule has 0 radical (unpaired) electrons. The van der Waals surface area contributed by atoms with Crippen molar-refractivity contribution < 1.29 is 4.42 Å². The van der Waals surface area contributed by atoms with Gasteiger partial charge in [-0.05, 0) is 118 Å². The number of hydrogen-bond acceptors (Lipinski definition) is 3. The van der Waals surface area contributed by atoms with Crippen LogP contribution in [0.1, 0.15) is 0 Å². The van der Waals surface area contributed by atoms with Crippen LogP contribution in [-0.4, -0.2) is 0 Å². The summed E-state index contributed by atoms with van der Waals surface area (Å²) in [5, 5.41) is 7.21. The molecule has 0 amide bonds. The van der Waals surface area contributed by atoms with Gasteiger partial charge in [0.1, 0.15) is 11.2 Å². The summed E-state index contributed by atoms with van der Waals surface area (Å²) < 4.78 is 6.53. The topological polar surface area (TPSA) is 19.6 Å². The zero-order valence-corrected chi connectivity index (χ0v) is 28.9. The van der Waals surface area contributed by atoms with Crippen molar-refractivity contribution in [2.75, 3.05) is 9.80 Å². The Balaban J connectivity index is 1.13. The lowest BCUT2D eigenvalue weighted by atomic mass is 9.95. The summed E-state index contributed by atoms with van der Waals surface area (Å²) in [6.07, 6.45) is 0. The van der Waals surface area contributed by atoms with Crippen LogP contribution in [0.15, 0.2) is 211 Å². The molecule has 10 aromatic rings. The molecule has 250 valence electrons. The molecular weight excluding hydrogens is 645 g/mol. The van der Waals surface area contributed by atoms with Crippen molar-refractivity contribution in [3.8, 4) is 11.1 Å². The molecule has 9 aromatic carbocycles. The number of nitrogens with zero attached hydrogens (tertiary/aromatic N) is 2. The molecule has 0 aliphatic rings. The Hall–Kier alpha value is -7.10. The van der Waals surface area contributed by atoms with Crippen LogP contribution < -0.4 is 9.80 Å². The van der Waals surface area contributed by atoms with Gasteiger partial charge in [0.25, 0.3) is 0 Å². The van der Waals surface area contributed by atoms with E-state index in [1.54, 1.807) is 0 Å². The van der Waals surface area contributed by atoms with Crippen molar-refractivity contribution in [1.82, 2.24) is 0 Å². The molecule has 0 aliphatic carbocycles. The van der Waals surface area contributed by atoms with Crippen LogP contribution in [0.2, 0.25) is 0 Å². The first kappa shape index (κ1) is 30.7. The molecule has 1 heterocycles. The van der Waals surface area contributed by atoms with Gasteiger partial charge in [0.05, 0.1) is 0 Å². The highest BCUT2D eigenvalue weighted by molar-refractivity contribution is 6.15. The van der Waals surface area contributed by atoms with E-state index in [2.05, 4.69) is 216 Å². The first-order valence-corrected chi connectivity index (χ1v) is 18.0. The van der Waals surface area contributed by atoms with Crippen LogP contribution in [0.3, 0.4) is 0 Å². The number of anilines is 6. The van der Waals surface area contributed by atoms with E-state index in [0.29, 0.717) is 0 Å². The number of benzene rings is 9. The summed E-state index contributed by atoms with van der Waals surface area (Å²) in [6, 6.07) is 73.3. The maximum absolute atomic E-state index is 6.53. The van der Waals surface area contributed by atoms with Gasteiger partial charge in [0.2, 0.25) is 0 Å². The van der Waals surface area contributed by atoms with Gasteiger partial charge in [-0.3, -0.25) is 0 Å². The molecule has 0 aliphatic heterocycles. The lowest BCUT2D eigenvalue weighted by Crippen LogP contribution is -2.13. The molecule has 0 saturated carbocycles. The summed E-state index contributed by atoms with van der Waals surface area (Å²) in [4.78, 5) is 4.64. The van der Waals surface area contributed by atoms with Gasteiger partial charge < -0.3 is 14.2 Å². The Morgan fingerprint density at radius 1 is 0.302 bits per heavy atom. The minimum Gasteiger partial charge on any atom is -0.456 e. The predicted molar refractivity (Wildman–Crippen MR) is 224 cm³/mol. The number of hydrogen-bond donors (Lipinski definition) is 0. The van der Waals surface area contributed by atoms with Crippen LogP contribution in [0.25, 0.3) is 54.6 Å². The van der Waals surface area contributed by atoms with Gasteiger partial charge >= 0.3 is 0 Å². The fraction of sp³-hybridized carbons (Fsp3) is 0. The van der Waals surface area contributed by atoms with Crippen LogP contribution in [0.4, 0.5) is 34.1 Å². The van der Waals surface area contributed by atoms with E-state index in [-0.39, 0.29) is 0 Å². The van der Waals surface area contributed by atoms with Crippen molar-refractivity contribution in [2.45, 2.75) is 0 Å². The first-order chi connectivity index (χ1) is 26.3. The summed E-state index contributed by atoms with van der Waals surface area (Å²) in [7, 11) is 0. The lowest BCUT2D eigenvalue weighted by molar-refractivity contribution is 0.669. The summed E-state index contributed by atoms with van der Waals surface area (Å²) in [5.74, 6) is 0. The Bertz CT molecular complexity index is 2860. The summed E-state index contributed by atoms with van der Waals surface area (Å²) in [5.41, 5.74) is 10.5. The van der Waals surface area contributed by atoms with Crippen molar-refractivity contribution in [1.29, 1.82) is 0 Å². The third-order valence-electron chi connectivity index (χ3n) is 10.2. The van der Waals surface area contributed by atoms with Gasteiger partial charge in [-0.25, -0.2) is 0 Å². The molecule has 3 nitrogen and oxygen atoms in total. The maximum Gasteiger partial charge on any atom is 0.136 e. The largest absolute Gasteiger partial charge is 0.456 e. The molecular formula is C50H34N2O. The highest BCUT2D eigenvalue weighted by Crippen LogP contribution is 2.44. The quantitative estimate of drug-likeness (QED) is 0.156. The Kier molecular flexibility index (Phi) is 7.47.